The molecule has 0 aliphatic carbocycles. The predicted octanol–water partition coefficient (Wildman–Crippen LogP) is 5.65. The fourth-order valence-corrected chi connectivity index (χ4v) is 4.59. The molecule has 11 heteroatoms. The van der Waals surface area contributed by atoms with Gasteiger partial charge in [0.15, 0.2) is 36.2 Å². The van der Waals surface area contributed by atoms with E-state index in [-0.39, 0.29) is 18.3 Å². The fraction of sp³-hybridized carbons (Fsp3) is 0.0938. The van der Waals surface area contributed by atoms with Crippen molar-refractivity contribution in [2.45, 2.75) is 0 Å². The highest BCUT2D eigenvalue weighted by Crippen LogP contribution is 2.45. The van der Waals surface area contributed by atoms with Crippen molar-refractivity contribution in [3.8, 4) is 62.7 Å². The zero-order valence-electron chi connectivity index (χ0n) is 22.5. The van der Waals surface area contributed by atoms with Gasteiger partial charge in [-0.2, -0.15) is 0 Å². The van der Waals surface area contributed by atoms with E-state index in [0.717, 1.165) is 5.69 Å². The van der Waals surface area contributed by atoms with Gasteiger partial charge < -0.3 is 33.9 Å². The van der Waals surface area contributed by atoms with Gasteiger partial charge in [-0.1, -0.05) is 24.3 Å². The molecule has 1 aliphatic heterocycles. The number of fused-ring (bicyclic) bond motifs is 1. The van der Waals surface area contributed by atoms with Crippen molar-refractivity contribution in [2.75, 3.05) is 20.0 Å². The number of nitrogens with zero attached hydrogens (tertiary/aromatic N) is 2. The predicted molar refractivity (Wildman–Crippen MR) is 153 cm³/mol. The Morgan fingerprint density at radius 3 is 2.28 bits per heavy atom. The Morgan fingerprint density at radius 2 is 1.51 bits per heavy atom. The molecule has 0 fully saturated rings. The summed E-state index contributed by atoms with van der Waals surface area (Å²) in [6.07, 6.45) is 1.63. The third-order valence-electron chi connectivity index (χ3n) is 6.43. The standard InChI is InChI=1S/C32H24N2O9/c35-28(36)16-39-26-8-4-7-24(32(26)40-17-29(37)38)31-30(20-9-14-25-27(15-20)42-19-41-25)33-18-34(31)21-10-12-23(13-11-21)43-22-5-2-1-3-6-22/h1-15,18H,16-17,19H2,(H,35,36)(H,37,38). The first-order chi connectivity index (χ1) is 21.0. The summed E-state index contributed by atoms with van der Waals surface area (Å²) in [5.41, 5.74) is 2.91. The molecule has 0 unspecified atom stereocenters. The zero-order valence-corrected chi connectivity index (χ0v) is 22.5. The van der Waals surface area contributed by atoms with Gasteiger partial charge in [-0.25, -0.2) is 14.6 Å². The van der Waals surface area contributed by atoms with Crippen LogP contribution in [0.4, 0.5) is 0 Å². The quantitative estimate of drug-likeness (QED) is 0.201. The van der Waals surface area contributed by atoms with Crippen molar-refractivity contribution >= 4 is 11.9 Å². The van der Waals surface area contributed by atoms with Gasteiger partial charge in [-0.15, -0.1) is 0 Å². The molecule has 0 amide bonds. The van der Waals surface area contributed by atoms with Gasteiger partial charge in [0, 0.05) is 16.8 Å². The smallest absolute Gasteiger partial charge is 0.341 e. The minimum atomic E-state index is -1.21. The number of hydrogen-bond acceptors (Lipinski definition) is 8. The summed E-state index contributed by atoms with van der Waals surface area (Å²) in [5, 5.41) is 18.6. The number of para-hydroxylation sites is 2. The van der Waals surface area contributed by atoms with Crippen LogP contribution in [-0.2, 0) is 9.59 Å². The van der Waals surface area contributed by atoms with E-state index in [1.54, 1.807) is 30.6 Å². The number of carboxylic acid groups (broad SMARTS) is 2. The molecule has 0 saturated carbocycles. The zero-order chi connectivity index (χ0) is 29.8. The number of rotatable bonds is 11. The van der Waals surface area contributed by atoms with Crippen LogP contribution >= 0.6 is 0 Å². The first kappa shape index (κ1) is 27.2. The lowest BCUT2D eigenvalue weighted by Gasteiger charge is -2.18. The highest BCUT2D eigenvalue weighted by molar-refractivity contribution is 5.85. The maximum absolute atomic E-state index is 11.5. The first-order valence-corrected chi connectivity index (χ1v) is 13.1. The Hall–Kier alpha value is -5.97. The molecule has 0 bridgehead atoms. The third kappa shape index (κ3) is 5.91. The molecule has 0 saturated heterocycles. The third-order valence-corrected chi connectivity index (χ3v) is 6.43. The van der Waals surface area contributed by atoms with Gasteiger partial charge in [-0.3, -0.25) is 4.57 Å². The highest BCUT2D eigenvalue weighted by Gasteiger charge is 2.25. The molecule has 43 heavy (non-hydrogen) atoms. The van der Waals surface area contributed by atoms with E-state index < -0.39 is 25.2 Å². The molecule has 1 aromatic heterocycles. The van der Waals surface area contributed by atoms with E-state index in [0.29, 0.717) is 45.5 Å². The van der Waals surface area contributed by atoms with Crippen LogP contribution < -0.4 is 23.7 Å². The molecule has 11 nitrogen and oxygen atoms in total. The van der Waals surface area contributed by atoms with Gasteiger partial charge in [0.25, 0.3) is 0 Å². The molecule has 0 spiro atoms. The largest absolute Gasteiger partial charge is 0.479 e. The Kier molecular flexibility index (Phi) is 7.51. The van der Waals surface area contributed by atoms with Crippen LogP contribution in [-0.4, -0.2) is 51.7 Å². The number of hydrogen-bond donors (Lipinski definition) is 2. The molecule has 216 valence electrons. The summed E-state index contributed by atoms with van der Waals surface area (Å²) in [5.74, 6) is 0.200. The van der Waals surface area contributed by atoms with Crippen LogP contribution in [0.3, 0.4) is 0 Å². The van der Waals surface area contributed by atoms with Crippen molar-refractivity contribution in [1.29, 1.82) is 0 Å². The molecule has 1 aliphatic rings. The molecule has 6 rings (SSSR count). The lowest BCUT2D eigenvalue weighted by atomic mass is 10.0. The maximum atomic E-state index is 11.5. The number of aliphatic carboxylic acids is 2. The van der Waals surface area contributed by atoms with Crippen molar-refractivity contribution < 1.29 is 43.5 Å². The summed E-state index contributed by atoms with van der Waals surface area (Å²) < 4.78 is 30.0. The van der Waals surface area contributed by atoms with Gasteiger partial charge in [0.2, 0.25) is 6.79 Å². The first-order valence-electron chi connectivity index (χ1n) is 13.1. The Balaban J connectivity index is 1.48. The lowest BCUT2D eigenvalue weighted by Crippen LogP contribution is -2.14. The molecule has 5 aromatic rings. The van der Waals surface area contributed by atoms with Gasteiger partial charge in [-0.05, 0) is 66.7 Å². The SMILES string of the molecule is O=C(O)COc1cccc(-c2c(-c3ccc4c(c3)OCO4)ncn2-c2ccc(Oc3ccccc3)cc2)c1OCC(=O)O. The second-order valence-electron chi connectivity index (χ2n) is 9.29. The van der Waals surface area contributed by atoms with Gasteiger partial charge in [0.1, 0.15) is 17.8 Å². The number of benzene rings is 4. The number of ether oxygens (including phenoxy) is 5. The molecule has 2 N–H and O–H groups in total. The Morgan fingerprint density at radius 1 is 0.791 bits per heavy atom. The number of aromatic nitrogens is 2. The van der Waals surface area contributed by atoms with Crippen LogP contribution in [0.25, 0.3) is 28.2 Å². The monoisotopic (exact) mass is 580 g/mol. The maximum Gasteiger partial charge on any atom is 0.341 e. The topological polar surface area (TPSA) is 139 Å². The molecular weight excluding hydrogens is 556 g/mol. The second kappa shape index (κ2) is 11.9. The second-order valence-corrected chi connectivity index (χ2v) is 9.29. The van der Waals surface area contributed by atoms with Crippen LogP contribution in [0, 0.1) is 0 Å². The summed E-state index contributed by atoms with van der Waals surface area (Å²) in [7, 11) is 0. The van der Waals surface area contributed by atoms with Crippen molar-refractivity contribution in [3.05, 3.63) is 97.3 Å². The van der Waals surface area contributed by atoms with Crippen molar-refractivity contribution in [1.82, 2.24) is 9.55 Å². The van der Waals surface area contributed by atoms with E-state index >= 15 is 0 Å². The van der Waals surface area contributed by atoms with E-state index in [1.165, 1.54) is 6.07 Å². The summed E-state index contributed by atoms with van der Waals surface area (Å²) >= 11 is 0. The minimum absolute atomic E-state index is 0.0546. The molecule has 0 atom stereocenters. The van der Waals surface area contributed by atoms with E-state index in [2.05, 4.69) is 0 Å². The summed E-state index contributed by atoms with van der Waals surface area (Å²) in [6, 6.07) is 27.1. The van der Waals surface area contributed by atoms with Crippen LogP contribution in [0.1, 0.15) is 0 Å². The number of carbonyl (C=O) groups is 2. The summed E-state index contributed by atoms with van der Waals surface area (Å²) in [4.78, 5) is 27.5. The molecule has 2 heterocycles. The van der Waals surface area contributed by atoms with Gasteiger partial charge >= 0.3 is 11.9 Å². The number of imidazole rings is 1. The van der Waals surface area contributed by atoms with Crippen LogP contribution in [0.2, 0.25) is 0 Å². The van der Waals surface area contributed by atoms with E-state index in [4.69, 9.17) is 28.7 Å². The highest BCUT2D eigenvalue weighted by atomic mass is 16.7. The fourth-order valence-electron chi connectivity index (χ4n) is 4.59. The van der Waals surface area contributed by atoms with Crippen molar-refractivity contribution in [2.24, 2.45) is 0 Å². The normalized spacial score (nSPS) is 11.6. The average molecular weight is 581 g/mol. The van der Waals surface area contributed by atoms with Crippen LogP contribution in [0.5, 0.6) is 34.5 Å². The van der Waals surface area contributed by atoms with Crippen molar-refractivity contribution in [3.63, 3.8) is 0 Å². The van der Waals surface area contributed by atoms with Crippen LogP contribution in [0.15, 0.2) is 97.3 Å². The molecular formula is C32H24N2O9. The Bertz CT molecular complexity index is 1780. The molecule has 4 aromatic carbocycles. The average Bonchev–Trinajstić information content (AvgIpc) is 3.67. The molecule has 0 radical (unpaired) electrons. The lowest BCUT2D eigenvalue weighted by molar-refractivity contribution is -0.140. The Labute approximate surface area is 245 Å². The minimum Gasteiger partial charge on any atom is -0.479 e. The number of carboxylic acids is 2. The van der Waals surface area contributed by atoms with E-state index in [1.807, 2.05) is 65.2 Å². The summed E-state index contributed by atoms with van der Waals surface area (Å²) in [6.45, 7) is -1.23. The van der Waals surface area contributed by atoms with Gasteiger partial charge in [0.05, 0.1) is 11.4 Å². The van der Waals surface area contributed by atoms with E-state index in [9.17, 15) is 19.8 Å².